The van der Waals surface area contributed by atoms with Crippen LogP contribution in [0.5, 0.6) is 0 Å². The van der Waals surface area contributed by atoms with E-state index < -0.39 is 11.7 Å². The molecule has 0 aliphatic carbocycles. The molecule has 2 aromatic rings. The van der Waals surface area contributed by atoms with Crippen molar-refractivity contribution in [1.29, 1.82) is 5.26 Å². The number of hydrogen-bond donors (Lipinski definition) is 0. The summed E-state index contributed by atoms with van der Waals surface area (Å²) >= 11 is 7.08. The largest absolute Gasteiger partial charge is 0.416 e. The number of rotatable bonds is 1. The molecule has 1 aliphatic heterocycles. The highest BCUT2D eigenvalue weighted by Crippen LogP contribution is 2.35. The van der Waals surface area contributed by atoms with Gasteiger partial charge in [0, 0.05) is 13.2 Å². The van der Waals surface area contributed by atoms with Gasteiger partial charge in [0.2, 0.25) is 0 Å². The summed E-state index contributed by atoms with van der Waals surface area (Å²) in [5, 5.41) is 10.4. The van der Waals surface area contributed by atoms with Gasteiger partial charge in [0.25, 0.3) is 0 Å². The van der Waals surface area contributed by atoms with Gasteiger partial charge < -0.3 is 4.90 Å². The van der Waals surface area contributed by atoms with Crippen LogP contribution in [0.4, 0.5) is 13.2 Å². The van der Waals surface area contributed by atoms with E-state index in [1.54, 1.807) is 30.3 Å². The van der Waals surface area contributed by atoms with Crippen LogP contribution in [0.1, 0.15) is 10.6 Å². The second-order valence-electron chi connectivity index (χ2n) is 5.03. The van der Waals surface area contributed by atoms with E-state index in [1.165, 1.54) is 17.4 Å². The lowest BCUT2D eigenvalue weighted by molar-refractivity contribution is -0.137. The van der Waals surface area contributed by atoms with E-state index in [0.29, 0.717) is 20.4 Å². The molecule has 1 aromatic heterocycles. The molecule has 0 unspecified atom stereocenters. The van der Waals surface area contributed by atoms with Crippen LogP contribution in [-0.2, 0) is 6.18 Å². The van der Waals surface area contributed by atoms with Crippen molar-refractivity contribution in [3.8, 4) is 6.07 Å². The van der Waals surface area contributed by atoms with Crippen LogP contribution in [-0.4, -0.2) is 16.9 Å². The van der Waals surface area contributed by atoms with Crippen molar-refractivity contribution in [2.45, 2.75) is 6.18 Å². The number of halogens is 4. The first kappa shape index (κ1) is 16.6. The summed E-state index contributed by atoms with van der Waals surface area (Å²) < 4.78 is 39.0. The molecule has 0 saturated heterocycles. The van der Waals surface area contributed by atoms with Crippen molar-refractivity contribution >= 4 is 38.7 Å². The van der Waals surface area contributed by atoms with Gasteiger partial charge in [-0.05, 0) is 30.4 Å². The lowest BCUT2D eigenvalue weighted by Gasteiger charge is -2.20. The summed E-state index contributed by atoms with van der Waals surface area (Å²) in [4.78, 5) is 5.89. The van der Waals surface area contributed by atoms with Crippen LogP contribution in [0.2, 0.25) is 0 Å². The highest BCUT2D eigenvalue weighted by atomic mass is 35.5. The Kier molecular flexibility index (Phi) is 4.11. The molecule has 3 rings (SSSR count). The zero-order chi connectivity index (χ0) is 17.5. The molecule has 0 spiro atoms. The number of thiazole rings is 1. The molecule has 1 aliphatic rings. The highest BCUT2D eigenvalue weighted by molar-refractivity contribution is 7.19. The van der Waals surface area contributed by atoms with Crippen LogP contribution in [0, 0.1) is 11.3 Å². The Morgan fingerprint density at radius 1 is 1.33 bits per heavy atom. The first-order chi connectivity index (χ1) is 11.3. The average Bonchev–Trinajstić information content (AvgIpc) is 2.91. The van der Waals surface area contributed by atoms with Gasteiger partial charge in [-0.15, -0.1) is 11.3 Å². The SMILES string of the molecule is CN1C=C(Cl)C=CC1=C(C#N)c1nc2cc(C(F)(F)F)ccc2s1. The van der Waals surface area contributed by atoms with Crippen molar-refractivity contribution in [2.24, 2.45) is 0 Å². The Balaban J connectivity index is 2.12. The molecule has 8 heteroatoms. The summed E-state index contributed by atoms with van der Waals surface area (Å²) in [5.74, 6) is 0. The summed E-state index contributed by atoms with van der Waals surface area (Å²) in [6, 6.07) is 5.46. The van der Waals surface area contributed by atoms with Crippen molar-refractivity contribution in [2.75, 3.05) is 7.05 Å². The number of benzene rings is 1. The lowest BCUT2D eigenvalue weighted by atomic mass is 10.1. The van der Waals surface area contributed by atoms with E-state index in [2.05, 4.69) is 11.1 Å². The predicted octanol–water partition coefficient (Wildman–Crippen LogP) is 5.13. The Morgan fingerprint density at radius 2 is 2.08 bits per heavy atom. The van der Waals surface area contributed by atoms with Gasteiger partial charge in [-0.1, -0.05) is 11.6 Å². The van der Waals surface area contributed by atoms with Crippen LogP contribution in [0.3, 0.4) is 0 Å². The number of nitrogens with zero attached hydrogens (tertiary/aromatic N) is 3. The molecule has 0 atom stereocenters. The van der Waals surface area contributed by atoms with Gasteiger partial charge in [-0.25, -0.2) is 4.98 Å². The molecule has 0 fully saturated rings. The van der Waals surface area contributed by atoms with Crippen molar-refractivity contribution in [3.05, 3.63) is 57.9 Å². The van der Waals surface area contributed by atoms with E-state index in [4.69, 9.17) is 11.6 Å². The maximum Gasteiger partial charge on any atom is 0.416 e. The van der Waals surface area contributed by atoms with Gasteiger partial charge in [-0.3, -0.25) is 0 Å². The van der Waals surface area contributed by atoms with E-state index >= 15 is 0 Å². The summed E-state index contributed by atoms with van der Waals surface area (Å²) in [5.41, 5.74) is 0.317. The zero-order valence-corrected chi connectivity index (χ0v) is 13.8. The molecule has 0 bridgehead atoms. The van der Waals surface area contributed by atoms with Gasteiger partial charge >= 0.3 is 6.18 Å². The minimum absolute atomic E-state index is 0.217. The predicted molar refractivity (Wildman–Crippen MR) is 88.0 cm³/mol. The number of allylic oxidation sites excluding steroid dienone is 4. The Hall–Kier alpha value is -2.30. The van der Waals surface area contributed by atoms with Crippen molar-refractivity contribution in [1.82, 2.24) is 9.88 Å². The Bertz CT molecular complexity index is 948. The molecular weight excluding hydrogens is 359 g/mol. The smallest absolute Gasteiger partial charge is 0.348 e. The fourth-order valence-electron chi connectivity index (χ4n) is 2.26. The lowest BCUT2D eigenvalue weighted by Crippen LogP contribution is -2.13. The van der Waals surface area contributed by atoms with Crippen molar-refractivity contribution < 1.29 is 13.2 Å². The van der Waals surface area contributed by atoms with E-state index in [0.717, 1.165) is 12.1 Å². The third kappa shape index (κ3) is 3.03. The summed E-state index contributed by atoms with van der Waals surface area (Å²) in [7, 11) is 1.73. The Morgan fingerprint density at radius 3 is 2.71 bits per heavy atom. The quantitative estimate of drug-likeness (QED) is 0.656. The average molecular weight is 368 g/mol. The standard InChI is InChI=1S/C16H9ClF3N3S/c1-23-8-10(17)3-4-13(23)11(7-21)15-22-12-6-9(16(18,19)20)2-5-14(12)24-15/h2-6,8H,1H3. The monoisotopic (exact) mass is 367 g/mol. The molecule has 122 valence electrons. The Labute approximate surface area is 144 Å². The van der Waals surface area contributed by atoms with Crippen LogP contribution >= 0.6 is 22.9 Å². The number of fused-ring (bicyclic) bond motifs is 1. The van der Waals surface area contributed by atoms with Gasteiger partial charge in [0.15, 0.2) is 0 Å². The molecule has 0 saturated carbocycles. The molecule has 24 heavy (non-hydrogen) atoms. The maximum absolute atomic E-state index is 12.8. The first-order valence-corrected chi connectivity index (χ1v) is 7.90. The third-order valence-corrected chi connectivity index (χ3v) is 4.67. The second-order valence-corrected chi connectivity index (χ2v) is 6.50. The summed E-state index contributed by atoms with van der Waals surface area (Å²) in [6.07, 6.45) is 0.531. The molecular formula is C16H9ClF3N3S. The maximum atomic E-state index is 12.8. The van der Waals surface area contributed by atoms with Crippen molar-refractivity contribution in [3.63, 3.8) is 0 Å². The normalized spacial score (nSPS) is 17.0. The first-order valence-electron chi connectivity index (χ1n) is 6.70. The molecule has 0 N–H and O–H groups in total. The fraction of sp³-hybridized carbons (Fsp3) is 0.125. The minimum atomic E-state index is -4.43. The fourth-order valence-corrected chi connectivity index (χ4v) is 3.42. The number of aromatic nitrogens is 1. The summed E-state index contributed by atoms with van der Waals surface area (Å²) in [6.45, 7) is 0. The number of hydrogen-bond acceptors (Lipinski definition) is 4. The molecule has 2 heterocycles. The van der Waals surface area contributed by atoms with Crippen LogP contribution in [0.25, 0.3) is 15.8 Å². The molecule has 0 amide bonds. The van der Waals surface area contributed by atoms with E-state index in [1.807, 2.05) is 0 Å². The molecule has 3 nitrogen and oxygen atoms in total. The number of likely N-dealkylation sites (N-methyl/N-ethyl adjacent to an activating group) is 1. The highest BCUT2D eigenvalue weighted by Gasteiger charge is 2.31. The topological polar surface area (TPSA) is 39.9 Å². The third-order valence-electron chi connectivity index (χ3n) is 3.39. The van der Waals surface area contributed by atoms with E-state index in [9.17, 15) is 18.4 Å². The molecule has 0 radical (unpaired) electrons. The number of alkyl halides is 3. The van der Waals surface area contributed by atoms with Gasteiger partial charge in [-0.2, -0.15) is 18.4 Å². The minimum Gasteiger partial charge on any atom is -0.348 e. The molecule has 1 aromatic carbocycles. The zero-order valence-electron chi connectivity index (χ0n) is 12.2. The van der Waals surface area contributed by atoms with E-state index in [-0.39, 0.29) is 11.1 Å². The van der Waals surface area contributed by atoms with Crippen LogP contribution in [0.15, 0.2) is 47.3 Å². The second kappa shape index (κ2) is 5.96. The van der Waals surface area contributed by atoms with Gasteiger partial charge in [0.1, 0.15) is 16.6 Å². The number of nitriles is 1. The van der Waals surface area contributed by atoms with Gasteiger partial charge in [0.05, 0.1) is 26.5 Å². The van der Waals surface area contributed by atoms with Crippen LogP contribution < -0.4 is 0 Å².